The second kappa shape index (κ2) is 37.7. The zero-order valence-corrected chi connectivity index (χ0v) is 54.7. The van der Waals surface area contributed by atoms with E-state index in [1.54, 1.807) is 125 Å². The molecule has 0 saturated carbocycles. The van der Waals surface area contributed by atoms with Crippen LogP contribution in [-0.2, 0) is 70.3 Å². The minimum Gasteiger partial charge on any atom is -0.445 e. The number of hydrogen-bond donors (Lipinski definition) is 8. The smallest absolute Gasteiger partial charge is 0.410 e. The van der Waals surface area contributed by atoms with Crippen LogP contribution in [0.15, 0.2) is 97.6 Å². The molecule has 0 radical (unpaired) electrons. The first-order valence-electron chi connectivity index (χ1n) is 30.9. The van der Waals surface area contributed by atoms with E-state index in [-0.39, 0.29) is 43.8 Å². The van der Waals surface area contributed by atoms with E-state index >= 15 is 0 Å². The van der Waals surface area contributed by atoms with E-state index in [9.17, 15) is 53.1 Å². The van der Waals surface area contributed by atoms with Crippen LogP contribution in [0.25, 0.3) is 0 Å². The molecule has 11 atom stereocenters. The minimum atomic E-state index is -1.13. The van der Waals surface area contributed by atoms with Crippen molar-refractivity contribution in [3.8, 4) is 0 Å². The summed E-state index contributed by atoms with van der Waals surface area (Å²) in [5, 5.41) is 29.2. The Morgan fingerprint density at radius 2 is 1.32 bits per heavy atom. The molecule has 500 valence electrons. The molecule has 4 rings (SSSR count). The molecule has 3 aromatic carbocycles. The quantitative estimate of drug-likeness (QED) is 0.0379. The first-order chi connectivity index (χ1) is 43.3. The number of amides is 10. The fourth-order valence-corrected chi connectivity index (χ4v) is 11.0. The molecule has 91 heavy (non-hydrogen) atoms. The van der Waals surface area contributed by atoms with Gasteiger partial charge in [0.1, 0.15) is 37.9 Å². The molecule has 1 saturated heterocycles. The van der Waals surface area contributed by atoms with Crippen LogP contribution in [0.3, 0.4) is 0 Å². The summed E-state index contributed by atoms with van der Waals surface area (Å²) in [6.45, 7) is 16.7. The third-order valence-electron chi connectivity index (χ3n) is 16.2. The Morgan fingerprint density at radius 3 is 1.91 bits per heavy atom. The summed E-state index contributed by atoms with van der Waals surface area (Å²) in [5.74, 6) is -5.92. The Hall–Kier alpha value is -8.42. The van der Waals surface area contributed by atoms with Crippen molar-refractivity contribution in [2.75, 3.05) is 66.4 Å². The van der Waals surface area contributed by atoms with E-state index in [0.717, 1.165) is 0 Å². The molecule has 10 amide bonds. The average molecular weight is 1270 g/mol. The number of hydrogen-bond acceptors (Lipinski definition) is 15. The molecule has 0 bridgehead atoms. The molecule has 1 heterocycles. The summed E-state index contributed by atoms with van der Waals surface area (Å²) in [5.41, 5.74) is 2.27. The zero-order chi connectivity index (χ0) is 67.5. The zero-order valence-electron chi connectivity index (χ0n) is 54.7. The lowest BCUT2D eigenvalue weighted by atomic mass is 9.89. The van der Waals surface area contributed by atoms with E-state index in [0.29, 0.717) is 48.2 Å². The molecule has 8 N–H and O–H groups in total. The highest BCUT2D eigenvalue weighted by molar-refractivity contribution is 5.97. The number of carbonyl (C=O) groups is 10. The predicted molar refractivity (Wildman–Crippen MR) is 341 cm³/mol. The van der Waals surface area contributed by atoms with Gasteiger partial charge < -0.3 is 71.1 Å². The maximum absolute atomic E-state index is 14.8. The summed E-state index contributed by atoms with van der Waals surface area (Å²) in [7, 11) is 6.08. The van der Waals surface area contributed by atoms with E-state index in [2.05, 4.69) is 43.8 Å². The van der Waals surface area contributed by atoms with Gasteiger partial charge in [-0.25, -0.2) is 9.59 Å². The number of ether oxygens (including phenoxy) is 4. The second-order valence-corrected chi connectivity index (χ2v) is 23.6. The van der Waals surface area contributed by atoms with Crippen molar-refractivity contribution in [2.45, 2.75) is 149 Å². The van der Waals surface area contributed by atoms with Crippen molar-refractivity contribution in [3.05, 3.63) is 114 Å². The number of methoxy groups -OCH3 is 2. The van der Waals surface area contributed by atoms with Crippen molar-refractivity contribution in [2.24, 2.45) is 23.7 Å². The first kappa shape index (κ1) is 75.0. The monoisotopic (exact) mass is 1270 g/mol. The standard InChI is InChI=1S/C66H96N10O15/c1-14-33-90-65(86)69-36-52(77)67-37-54(79)72-49(34-45-23-18-16-19-24-45)62(83)68-38-53(78)71-48-30-28-46(29-31-48)39-91-66(87)75(11)57(41(5)6)63(84)73-56(40(3)4)64(85)74(10)58(42(7)15-2)51(88-12)35-55(80)76-32-22-27-50(76)60(89-13)43(8)61(82)70-44(9)59(81)47-25-20-17-21-26-47/h14,16-21,23-26,28-31,40-44,49-51,56-60,81H,1,15,22,27,32-39H2,2-13H3,(H,67,77)(H,68,83)(H,69,86)(H,70,82)(H,71,78)(H,72,79)(H,73,84)/t42-,43+,44+,49-,50-,51+,56-,57-,58-,59+,60+/m0/s1. The van der Waals surface area contributed by atoms with E-state index in [1.807, 2.05) is 32.0 Å². The second-order valence-electron chi connectivity index (χ2n) is 23.6. The van der Waals surface area contributed by atoms with Crippen LogP contribution in [0.4, 0.5) is 15.3 Å². The van der Waals surface area contributed by atoms with Crippen molar-refractivity contribution in [3.63, 3.8) is 0 Å². The summed E-state index contributed by atoms with van der Waals surface area (Å²) in [4.78, 5) is 138. The highest BCUT2D eigenvalue weighted by Gasteiger charge is 2.44. The van der Waals surface area contributed by atoms with Gasteiger partial charge in [0, 0.05) is 47.0 Å². The van der Waals surface area contributed by atoms with Gasteiger partial charge in [0.25, 0.3) is 0 Å². The number of alkyl carbamates (subject to hydrolysis) is 1. The molecule has 25 nitrogen and oxygen atoms in total. The lowest BCUT2D eigenvalue weighted by Crippen LogP contribution is -2.60. The van der Waals surface area contributed by atoms with Crippen LogP contribution < -0.4 is 37.2 Å². The maximum atomic E-state index is 14.8. The van der Waals surface area contributed by atoms with Crippen molar-refractivity contribution in [1.29, 1.82) is 0 Å². The number of aliphatic hydroxyl groups excluding tert-OH is 1. The number of nitrogens with zero attached hydrogens (tertiary/aromatic N) is 3. The molecular weight excluding hydrogens is 1170 g/mol. The van der Waals surface area contributed by atoms with Gasteiger partial charge in [0.05, 0.1) is 61.9 Å². The van der Waals surface area contributed by atoms with Crippen LogP contribution in [0, 0.1) is 23.7 Å². The fraction of sp³-hybridized carbons (Fsp3) is 0.545. The lowest BCUT2D eigenvalue weighted by molar-refractivity contribution is -0.148. The molecular formula is C66H96N10O15. The predicted octanol–water partition coefficient (Wildman–Crippen LogP) is 4.39. The summed E-state index contributed by atoms with van der Waals surface area (Å²) < 4.78 is 22.4. The molecule has 0 spiro atoms. The third-order valence-corrected chi connectivity index (χ3v) is 16.2. The Kier molecular flexibility index (Phi) is 31.1. The van der Waals surface area contributed by atoms with Gasteiger partial charge >= 0.3 is 12.2 Å². The van der Waals surface area contributed by atoms with E-state index in [4.69, 9.17) is 18.9 Å². The molecule has 0 aliphatic carbocycles. The van der Waals surface area contributed by atoms with E-state index in [1.165, 1.54) is 32.2 Å². The average Bonchev–Trinajstić information content (AvgIpc) is 1.89. The fourth-order valence-electron chi connectivity index (χ4n) is 11.0. The molecule has 1 fully saturated rings. The van der Waals surface area contributed by atoms with Crippen molar-refractivity contribution >= 4 is 65.1 Å². The Bertz CT molecular complexity index is 2880. The van der Waals surface area contributed by atoms with Crippen LogP contribution in [0.5, 0.6) is 0 Å². The van der Waals surface area contributed by atoms with Gasteiger partial charge in [-0.1, -0.05) is 140 Å². The Labute approximate surface area is 534 Å². The van der Waals surface area contributed by atoms with E-state index < -0.39 is 140 Å². The summed E-state index contributed by atoms with van der Waals surface area (Å²) >= 11 is 0. The molecule has 0 aromatic heterocycles. The number of aliphatic hydroxyl groups is 1. The largest absolute Gasteiger partial charge is 0.445 e. The normalized spacial score (nSPS) is 16.2. The number of carbonyl (C=O) groups excluding carboxylic acids is 10. The first-order valence-corrected chi connectivity index (χ1v) is 30.9. The number of likely N-dealkylation sites (N-methyl/N-ethyl adjacent to an activating group) is 2. The third kappa shape index (κ3) is 23.1. The number of rotatable bonds is 35. The molecule has 0 unspecified atom stereocenters. The summed E-state index contributed by atoms with van der Waals surface area (Å²) in [6, 6.07) is 19.3. The highest BCUT2D eigenvalue weighted by atomic mass is 16.6. The van der Waals surface area contributed by atoms with Crippen LogP contribution in [0.1, 0.15) is 104 Å². The van der Waals surface area contributed by atoms with Gasteiger partial charge in [-0.15, -0.1) is 0 Å². The Morgan fingerprint density at radius 1 is 0.692 bits per heavy atom. The molecule has 1 aliphatic heterocycles. The van der Waals surface area contributed by atoms with Crippen molar-refractivity contribution < 1.29 is 72.0 Å². The van der Waals surface area contributed by atoms with Gasteiger partial charge in [-0.3, -0.25) is 43.3 Å². The lowest BCUT2D eigenvalue weighted by Gasteiger charge is -2.41. The van der Waals surface area contributed by atoms with Crippen LogP contribution >= 0.6 is 0 Å². The van der Waals surface area contributed by atoms with Gasteiger partial charge in [0.15, 0.2) is 0 Å². The summed E-state index contributed by atoms with van der Waals surface area (Å²) in [6.07, 6.45) is -0.808. The topological polar surface area (TPSA) is 322 Å². The maximum Gasteiger partial charge on any atom is 0.410 e. The van der Waals surface area contributed by atoms with Crippen LogP contribution in [0.2, 0.25) is 0 Å². The van der Waals surface area contributed by atoms with Crippen molar-refractivity contribution in [1.82, 2.24) is 46.6 Å². The van der Waals surface area contributed by atoms with Gasteiger partial charge in [0.2, 0.25) is 47.3 Å². The number of likely N-dealkylation sites (tertiary alicyclic amines) is 1. The number of anilines is 1. The molecule has 25 heteroatoms. The van der Waals surface area contributed by atoms with Crippen LogP contribution in [-0.4, -0.2) is 189 Å². The highest BCUT2D eigenvalue weighted by Crippen LogP contribution is 2.30. The number of benzene rings is 3. The van der Waals surface area contributed by atoms with Gasteiger partial charge in [-0.2, -0.15) is 0 Å². The van der Waals surface area contributed by atoms with Gasteiger partial charge in [-0.05, 0) is 66.3 Å². The molecule has 3 aromatic rings. The number of nitrogens with one attached hydrogen (secondary N) is 7. The Balaban J connectivity index is 1.34. The minimum absolute atomic E-state index is 0.0557. The molecule has 1 aliphatic rings. The SMILES string of the molecule is C=CCOC(=O)NCC(=O)NCC(=O)N[C@@H](Cc1ccccc1)C(=O)NCC(=O)Nc1ccc(COC(=O)N(C)[C@H](C(=O)N[C@H](C(=O)N(C)[C@@H]([C@@H](C)CC)[C@@H](CC(=O)N2CCC[C@H]2[C@H](OC)[C@@H](C)C(=O)N[C@H](C)[C@@H](O)c2ccccc2)OC)C(C)C)C(C)C)cc1.